The molecular weight excluding hydrogens is 246 g/mol. The first-order chi connectivity index (χ1) is 9.72. The Morgan fingerprint density at radius 2 is 2.05 bits per heavy atom. The van der Waals surface area contributed by atoms with E-state index in [9.17, 15) is 0 Å². The van der Waals surface area contributed by atoms with Gasteiger partial charge in [-0.05, 0) is 31.5 Å². The van der Waals surface area contributed by atoms with Gasteiger partial charge in [0, 0.05) is 49.3 Å². The Balaban J connectivity index is 1.92. The minimum atomic E-state index is 0.715. The quantitative estimate of drug-likeness (QED) is 0.902. The van der Waals surface area contributed by atoms with Crippen LogP contribution in [0.2, 0.25) is 0 Å². The van der Waals surface area contributed by atoms with Crippen LogP contribution in [0.4, 0.5) is 0 Å². The summed E-state index contributed by atoms with van der Waals surface area (Å²) in [6.45, 7) is 9.07. The molecule has 0 radical (unpaired) electrons. The maximum absolute atomic E-state index is 3.39. The average molecular weight is 271 g/mol. The second-order valence-corrected chi connectivity index (χ2v) is 5.93. The molecule has 0 aliphatic carbocycles. The van der Waals surface area contributed by atoms with Gasteiger partial charge in [0.15, 0.2) is 0 Å². The standard InChI is InChI=1S/C17H25N3/c1-4-9-20(14-10-18-11-14)12-17-13(2)15-7-5-6-8-16(15)19(17)3/h5-8,14,18H,4,9-12H2,1-3H3. The van der Waals surface area contributed by atoms with Crippen molar-refractivity contribution in [1.29, 1.82) is 0 Å². The number of aromatic nitrogens is 1. The molecule has 1 aliphatic rings. The zero-order valence-corrected chi connectivity index (χ0v) is 12.8. The van der Waals surface area contributed by atoms with E-state index in [0.717, 1.165) is 19.6 Å². The minimum absolute atomic E-state index is 0.715. The summed E-state index contributed by atoms with van der Waals surface area (Å²) >= 11 is 0. The van der Waals surface area contributed by atoms with Gasteiger partial charge in [-0.1, -0.05) is 25.1 Å². The highest BCUT2D eigenvalue weighted by molar-refractivity contribution is 5.85. The molecule has 1 aliphatic heterocycles. The summed E-state index contributed by atoms with van der Waals surface area (Å²) in [5.74, 6) is 0. The van der Waals surface area contributed by atoms with Crippen LogP contribution in [0, 0.1) is 6.92 Å². The summed E-state index contributed by atoms with van der Waals surface area (Å²) in [6.07, 6.45) is 1.22. The summed E-state index contributed by atoms with van der Waals surface area (Å²) in [5.41, 5.74) is 4.26. The molecule has 20 heavy (non-hydrogen) atoms. The third kappa shape index (κ3) is 2.25. The predicted molar refractivity (Wildman–Crippen MR) is 85.0 cm³/mol. The number of aryl methyl sites for hydroxylation is 2. The van der Waals surface area contributed by atoms with E-state index in [2.05, 4.69) is 59.9 Å². The first-order valence-electron chi connectivity index (χ1n) is 7.70. The van der Waals surface area contributed by atoms with Gasteiger partial charge in [-0.25, -0.2) is 0 Å². The van der Waals surface area contributed by atoms with Crippen LogP contribution in [0.1, 0.15) is 24.6 Å². The van der Waals surface area contributed by atoms with Crippen molar-refractivity contribution < 1.29 is 0 Å². The summed E-state index contributed by atoms with van der Waals surface area (Å²) in [4.78, 5) is 2.64. The Bertz CT molecular complexity index is 557. The van der Waals surface area contributed by atoms with E-state index in [4.69, 9.17) is 0 Å². The summed E-state index contributed by atoms with van der Waals surface area (Å²) in [5, 5.41) is 4.79. The molecule has 1 aromatic heterocycles. The number of rotatable bonds is 5. The van der Waals surface area contributed by atoms with Crippen LogP contribution in [0.3, 0.4) is 0 Å². The maximum Gasteiger partial charge on any atom is 0.0483 e. The molecule has 0 amide bonds. The van der Waals surface area contributed by atoms with Gasteiger partial charge >= 0.3 is 0 Å². The molecule has 0 unspecified atom stereocenters. The fraction of sp³-hybridized carbons (Fsp3) is 0.529. The SMILES string of the molecule is CCCN(Cc1c(C)c2ccccc2n1C)C1CNC1. The van der Waals surface area contributed by atoms with E-state index in [0.29, 0.717) is 6.04 Å². The molecule has 108 valence electrons. The smallest absolute Gasteiger partial charge is 0.0483 e. The molecule has 0 saturated carbocycles. The monoisotopic (exact) mass is 271 g/mol. The van der Waals surface area contributed by atoms with Crippen molar-refractivity contribution in [2.75, 3.05) is 19.6 Å². The molecule has 2 heterocycles. The number of fused-ring (bicyclic) bond motifs is 1. The third-order valence-electron chi connectivity index (χ3n) is 4.65. The summed E-state index contributed by atoms with van der Waals surface area (Å²) in [6, 6.07) is 9.45. The number of benzene rings is 1. The lowest BCUT2D eigenvalue weighted by Gasteiger charge is -2.38. The molecule has 2 aromatic rings. The minimum Gasteiger partial charge on any atom is -0.346 e. The van der Waals surface area contributed by atoms with E-state index in [1.165, 1.54) is 35.1 Å². The number of hydrogen-bond acceptors (Lipinski definition) is 2. The first kappa shape index (κ1) is 13.7. The molecule has 0 spiro atoms. The molecule has 1 aromatic carbocycles. The highest BCUT2D eigenvalue weighted by Crippen LogP contribution is 2.26. The van der Waals surface area contributed by atoms with Crippen LogP contribution in [0.25, 0.3) is 10.9 Å². The van der Waals surface area contributed by atoms with Crippen LogP contribution in [0.5, 0.6) is 0 Å². The van der Waals surface area contributed by atoms with Gasteiger partial charge in [-0.2, -0.15) is 0 Å². The highest BCUT2D eigenvalue weighted by Gasteiger charge is 2.25. The second-order valence-electron chi connectivity index (χ2n) is 5.93. The third-order valence-corrected chi connectivity index (χ3v) is 4.65. The van der Waals surface area contributed by atoms with Crippen molar-refractivity contribution in [3.05, 3.63) is 35.5 Å². The van der Waals surface area contributed by atoms with Crippen molar-refractivity contribution in [3.8, 4) is 0 Å². The lowest BCUT2D eigenvalue weighted by atomic mass is 10.1. The normalized spacial score (nSPS) is 16.0. The Morgan fingerprint density at radius 3 is 2.65 bits per heavy atom. The van der Waals surface area contributed by atoms with Gasteiger partial charge in [-0.3, -0.25) is 4.90 Å². The van der Waals surface area contributed by atoms with Gasteiger partial charge in [-0.15, -0.1) is 0 Å². The van der Waals surface area contributed by atoms with Crippen LogP contribution < -0.4 is 5.32 Å². The lowest BCUT2D eigenvalue weighted by molar-refractivity contribution is 0.135. The predicted octanol–water partition coefficient (Wildman–Crippen LogP) is 2.67. The number of hydrogen-bond donors (Lipinski definition) is 1. The number of para-hydroxylation sites is 1. The van der Waals surface area contributed by atoms with Gasteiger partial charge in [0.1, 0.15) is 0 Å². The number of nitrogens with zero attached hydrogens (tertiary/aromatic N) is 2. The van der Waals surface area contributed by atoms with Crippen LogP contribution in [-0.2, 0) is 13.6 Å². The maximum atomic E-state index is 3.39. The molecule has 0 bridgehead atoms. The Hall–Kier alpha value is -1.32. The fourth-order valence-electron chi connectivity index (χ4n) is 3.26. The molecule has 3 rings (SSSR count). The van der Waals surface area contributed by atoms with E-state index < -0.39 is 0 Å². The van der Waals surface area contributed by atoms with Crippen LogP contribution in [-0.4, -0.2) is 35.1 Å². The Morgan fingerprint density at radius 1 is 1.30 bits per heavy atom. The van der Waals surface area contributed by atoms with Crippen molar-refractivity contribution in [2.45, 2.75) is 32.9 Å². The van der Waals surface area contributed by atoms with Crippen molar-refractivity contribution in [3.63, 3.8) is 0 Å². The summed E-state index contributed by atoms with van der Waals surface area (Å²) < 4.78 is 2.37. The van der Waals surface area contributed by atoms with Gasteiger partial charge < -0.3 is 9.88 Å². The molecule has 1 N–H and O–H groups in total. The zero-order chi connectivity index (χ0) is 14.1. The molecule has 3 nitrogen and oxygen atoms in total. The van der Waals surface area contributed by atoms with Gasteiger partial charge in [0.2, 0.25) is 0 Å². The lowest BCUT2D eigenvalue weighted by Crippen LogP contribution is -2.57. The zero-order valence-electron chi connectivity index (χ0n) is 12.8. The van der Waals surface area contributed by atoms with Crippen molar-refractivity contribution >= 4 is 10.9 Å². The van der Waals surface area contributed by atoms with E-state index in [1.807, 2.05) is 0 Å². The van der Waals surface area contributed by atoms with Crippen molar-refractivity contribution in [2.24, 2.45) is 7.05 Å². The Labute approximate surface area is 121 Å². The van der Waals surface area contributed by atoms with Gasteiger partial charge in [0.25, 0.3) is 0 Å². The van der Waals surface area contributed by atoms with Crippen molar-refractivity contribution in [1.82, 2.24) is 14.8 Å². The average Bonchev–Trinajstić information content (AvgIpc) is 2.63. The highest BCUT2D eigenvalue weighted by atomic mass is 15.2. The largest absolute Gasteiger partial charge is 0.346 e. The fourth-order valence-corrected chi connectivity index (χ4v) is 3.26. The van der Waals surface area contributed by atoms with E-state index >= 15 is 0 Å². The van der Waals surface area contributed by atoms with Gasteiger partial charge in [0.05, 0.1) is 0 Å². The van der Waals surface area contributed by atoms with Crippen LogP contribution >= 0.6 is 0 Å². The van der Waals surface area contributed by atoms with E-state index in [1.54, 1.807) is 0 Å². The topological polar surface area (TPSA) is 20.2 Å². The molecule has 0 atom stereocenters. The molecule has 1 fully saturated rings. The van der Waals surface area contributed by atoms with E-state index in [-0.39, 0.29) is 0 Å². The number of nitrogens with one attached hydrogen (secondary N) is 1. The summed E-state index contributed by atoms with van der Waals surface area (Å²) in [7, 11) is 2.20. The molecule has 3 heteroatoms. The molecule has 1 saturated heterocycles. The molecular formula is C17H25N3. The first-order valence-corrected chi connectivity index (χ1v) is 7.70. The van der Waals surface area contributed by atoms with Crippen LogP contribution in [0.15, 0.2) is 24.3 Å². The Kier molecular flexibility index (Phi) is 3.81. The second kappa shape index (κ2) is 5.58.